The summed E-state index contributed by atoms with van der Waals surface area (Å²) in [7, 11) is -2.33. The van der Waals surface area contributed by atoms with E-state index in [0.29, 0.717) is 59.9 Å². The molecule has 4 aliphatic rings. The second-order valence-corrected chi connectivity index (χ2v) is 18.8. The molecule has 2 aromatic carbocycles. The van der Waals surface area contributed by atoms with Crippen molar-refractivity contribution in [1.29, 1.82) is 0 Å². The molecule has 0 bridgehead atoms. The van der Waals surface area contributed by atoms with Crippen LogP contribution in [0.15, 0.2) is 59.0 Å². The molecule has 4 aromatic rings. The fourth-order valence-electron chi connectivity index (χ4n) is 8.06. The molecule has 0 spiro atoms. The van der Waals surface area contributed by atoms with E-state index in [1.165, 1.54) is 4.90 Å². The summed E-state index contributed by atoms with van der Waals surface area (Å²) in [5.41, 5.74) is -0.619. The van der Waals surface area contributed by atoms with Gasteiger partial charge in [0, 0.05) is 23.1 Å². The number of allylic oxidation sites excluding steroid dienone is 1. The molecule has 2 aliphatic carbocycles. The molecule has 1 saturated heterocycles. The van der Waals surface area contributed by atoms with Gasteiger partial charge in [0.15, 0.2) is 5.58 Å². The van der Waals surface area contributed by atoms with E-state index < -0.39 is 74.3 Å². The average Bonchev–Trinajstić information content (AvgIpc) is 4.08. The number of pyridine rings is 1. The van der Waals surface area contributed by atoms with Crippen LogP contribution in [-0.4, -0.2) is 90.3 Å². The molecule has 308 valence electrons. The van der Waals surface area contributed by atoms with Gasteiger partial charge in [-0.05, 0) is 83.6 Å². The van der Waals surface area contributed by atoms with E-state index in [-0.39, 0.29) is 25.3 Å². The number of ether oxygens (including phenoxy) is 3. The van der Waals surface area contributed by atoms with Crippen molar-refractivity contribution in [3.05, 3.63) is 54.6 Å². The Morgan fingerprint density at radius 2 is 1.79 bits per heavy atom. The highest BCUT2D eigenvalue weighted by atomic mass is 32.2. The summed E-state index contributed by atoms with van der Waals surface area (Å²) in [4.78, 5) is 62.4. The lowest BCUT2D eigenvalue weighted by atomic mass is 10.0. The molecule has 0 radical (unpaired) electrons. The summed E-state index contributed by atoms with van der Waals surface area (Å²) in [6.07, 6.45) is 6.57. The number of alkyl carbamates (subject to hydrolysis) is 1. The molecule has 15 nitrogen and oxygen atoms in total. The van der Waals surface area contributed by atoms with Gasteiger partial charge in [-0.15, -0.1) is 0 Å². The monoisotopic (exact) mass is 815 g/mol. The molecular weight excluding hydrogens is 767 g/mol. The van der Waals surface area contributed by atoms with Crippen molar-refractivity contribution < 1.29 is 46.2 Å². The lowest BCUT2D eigenvalue weighted by Gasteiger charge is -2.30. The van der Waals surface area contributed by atoms with Crippen LogP contribution >= 0.6 is 0 Å². The van der Waals surface area contributed by atoms with Crippen LogP contribution in [0.4, 0.5) is 4.79 Å². The zero-order valence-corrected chi connectivity index (χ0v) is 33.9. The first kappa shape index (κ1) is 39.4. The third-order valence-corrected chi connectivity index (χ3v) is 13.1. The molecular formula is C42H49N5O10S. The number of carbonyl (C=O) groups is 4. The Morgan fingerprint density at radius 3 is 2.53 bits per heavy atom. The normalized spacial score (nSPS) is 26.2. The lowest BCUT2D eigenvalue weighted by Crippen LogP contribution is -2.58. The Balaban J connectivity index is 1.14. The average molecular weight is 816 g/mol. The molecule has 0 unspecified atom stereocenters. The summed E-state index contributed by atoms with van der Waals surface area (Å²) in [5, 5.41) is 7.14. The molecule has 16 heteroatoms. The van der Waals surface area contributed by atoms with Crippen molar-refractivity contribution in [1.82, 2.24) is 25.2 Å². The quantitative estimate of drug-likeness (QED) is 0.203. The lowest BCUT2D eigenvalue weighted by molar-refractivity contribution is -0.141. The fraction of sp³-hybridized carbons (Fsp3) is 0.500. The van der Waals surface area contributed by atoms with Crippen LogP contribution in [-0.2, 0) is 29.1 Å². The Hall–Kier alpha value is -5.38. The minimum Gasteiger partial charge on any atom is -0.497 e. The summed E-state index contributed by atoms with van der Waals surface area (Å²) in [6.45, 7) is 5.14. The van der Waals surface area contributed by atoms with E-state index in [2.05, 4.69) is 15.4 Å². The smallest absolute Gasteiger partial charge is 0.408 e. The van der Waals surface area contributed by atoms with Crippen molar-refractivity contribution in [2.24, 2.45) is 5.92 Å². The molecule has 4 amide bonds. The zero-order chi connectivity index (χ0) is 41.0. The van der Waals surface area contributed by atoms with Gasteiger partial charge in [-0.25, -0.2) is 18.2 Å². The van der Waals surface area contributed by atoms with Crippen LogP contribution in [0.5, 0.6) is 11.6 Å². The fourth-order valence-corrected chi connectivity index (χ4v) is 9.42. The standard InChI is InChI=1S/C42H49N5O10S/c1-41(2,3)57-40(51)43-31-15-9-7-5-6-8-12-24-22-42(24,39(50)46-58(52,53)27-17-18-27)45-36(48)32-21-26(23-47(32)38(31)49)55-37-29-14-11-10-13-28(29)35-34(44-37)30-20-25(54-4)16-19-33(30)56-35/h8,10-14,16,19-20,24,26-27,31-32H,5-7,9,15,17-18,21-23H2,1-4H3,(H,43,51)(H,45,48)(H,46,50)/b12-8-/t24-,26-,31+,32+,42-/m1/s1. The molecule has 8 rings (SSSR count). The maximum atomic E-state index is 14.7. The van der Waals surface area contributed by atoms with Gasteiger partial charge in [0.2, 0.25) is 27.7 Å². The van der Waals surface area contributed by atoms with E-state index >= 15 is 0 Å². The second kappa shape index (κ2) is 15.1. The van der Waals surface area contributed by atoms with E-state index in [1.54, 1.807) is 33.9 Å². The number of benzene rings is 2. The number of rotatable bonds is 7. The molecule has 3 fully saturated rings. The van der Waals surface area contributed by atoms with Gasteiger partial charge in [0.1, 0.15) is 46.2 Å². The number of hydrogen-bond acceptors (Lipinski definition) is 11. The van der Waals surface area contributed by atoms with Crippen LogP contribution in [0.1, 0.15) is 78.6 Å². The number of nitrogens with one attached hydrogen (secondary N) is 3. The Bertz CT molecular complexity index is 2440. The number of methoxy groups -OCH3 is 1. The highest BCUT2D eigenvalue weighted by Gasteiger charge is 2.62. The molecule has 4 heterocycles. The third kappa shape index (κ3) is 7.90. The summed E-state index contributed by atoms with van der Waals surface area (Å²) < 4.78 is 52.0. The van der Waals surface area contributed by atoms with E-state index in [9.17, 15) is 27.6 Å². The molecule has 2 saturated carbocycles. The summed E-state index contributed by atoms with van der Waals surface area (Å²) >= 11 is 0. The van der Waals surface area contributed by atoms with Crippen LogP contribution < -0.4 is 24.8 Å². The predicted molar refractivity (Wildman–Crippen MR) is 215 cm³/mol. The zero-order valence-electron chi connectivity index (χ0n) is 33.0. The number of aromatic nitrogens is 1. The minimum absolute atomic E-state index is 0.0172. The van der Waals surface area contributed by atoms with Crippen molar-refractivity contribution in [3.8, 4) is 11.6 Å². The van der Waals surface area contributed by atoms with Gasteiger partial charge in [-0.1, -0.05) is 43.2 Å². The largest absolute Gasteiger partial charge is 0.497 e. The van der Waals surface area contributed by atoms with Crippen LogP contribution in [0.25, 0.3) is 32.8 Å². The van der Waals surface area contributed by atoms with Gasteiger partial charge in [0.05, 0.1) is 24.3 Å². The van der Waals surface area contributed by atoms with E-state index in [1.807, 2.05) is 48.6 Å². The van der Waals surface area contributed by atoms with Gasteiger partial charge >= 0.3 is 6.09 Å². The van der Waals surface area contributed by atoms with Crippen molar-refractivity contribution in [2.45, 2.75) is 113 Å². The van der Waals surface area contributed by atoms with Gasteiger partial charge in [0.25, 0.3) is 5.91 Å². The van der Waals surface area contributed by atoms with Crippen LogP contribution in [0.2, 0.25) is 0 Å². The number of fused-ring (bicyclic) bond motifs is 7. The maximum Gasteiger partial charge on any atom is 0.408 e. The Morgan fingerprint density at radius 1 is 1.02 bits per heavy atom. The number of amides is 4. The van der Waals surface area contributed by atoms with E-state index in [0.717, 1.165) is 23.6 Å². The highest BCUT2D eigenvalue weighted by molar-refractivity contribution is 7.91. The predicted octanol–water partition coefficient (Wildman–Crippen LogP) is 5.39. The minimum atomic E-state index is -3.91. The number of furan rings is 1. The molecule has 2 aliphatic heterocycles. The number of carbonyl (C=O) groups excluding carboxylic acids is 4. The maximum absolute atomic E-state index is 14.7. The number of nitrogens with zero attached hydrogens (tertiary/aromatic N) is 2. The van der Waals surface area contributed by atoms with Crippen LogP contribution in [0.3, 0.4) is 0 Å². The highest BCUT2D eigenvalue weighted by Crippen LogP contribution is 2.46. The van der Waals surface area contributed by atoms with Gasteiger partial charge < -0.3 is 34.2 Å². The van der Waals surface area contributed by atoms with E-state index in [4.69, 9.17) is 23.6 Å². The molecule has 58 heavy (non-hydrogen) atoms. The van der Waals surface area contributed by atoms with Gasteiger partial charge in [-0.2, -0.15) is 0 Å². The molecule has 3 N–H and O–H groups in total. The van der Waals surface area contributed by atoms with Crippen molar-refractivity contribution in [2.75, 3.05) is 13.7 Å². The molecule has 5 atom stereocenters. The topological polar surface area (TPSA) is 195 Å². The molecule has 2 aromatic heterocycles. The third-order valence-electron chi connectivity index (χ3n) is 11.3. The first-order valence-electron chi connectivity index (χ1n) is 20.0. The SMILES string of the molecule is COc1ccc2oc3c4ccccc4c(O[C@@H]4C[C@H]5C(=O)N[C@]6(C(=O)NS(=O)(=O)C7CC7)C[C@H]6/C=C\CCCCC[C@H](NC(=O)OC(C)(C)C)C(=O)N5C4)nc3c2c1. The van der Waals surface area contributed by atoms with Crippen molar-refractivity contribution in [3.63, 3.8) is 0 Å². The van der Waals surface area contributed by atoms with Crippen molar-refractivity contribution >= 4 is 66.7 Å². The summed E-state index contributed by atoms with van der Waals surface area (Å²) in [5.74, 6) is -1.49. The Labute approximate surface area is 336 Å². The Kier molecular flexibility index (Phi) is 10.3. The number of hydrogen-bond donors (Lipinski definition) is 3. The first-order chi connectivity index (χ1) is 27.7. The number of sulfonamides is 1. The van der Waals surface area contributed by atoms with Gasteiger partial charge in [-0.3, -0.25) is 19.1 Å². The summed E-state index contributed by atoms with van der Waals surface area (Å²) in [6, 6.07) is 10.8. The first-order valence-corrected chi connectivity index (χ1v) is 21.5. The van der Waals surface area contributed by atoms with Crippen LogP contribution in [0, 0.1) is 5.92 Å². The second-order valence-electron chi connectivity index (χ2n) is 16.8.